The zero-order valence-corrected chi connectivity index (χ0v) is 18.4. The van der Waals surface area contributed by atoms with Crippen LogP contribution in [0.4, 0.5) is 0 Å². The second-order valence-electron chi connectivity index (χ2n) is 7.06. The van der Waals surface area contributed by atoms with Crippen molar-refractivity contribution < 1.29 is 0 Å². The Hall–Kier alpha value is -3.49. The van der Waals surface area contributed by atoms with Crippen molar-refractivity contribution in [1.29, 1.82) is 0 Å². The van der Waals surface area contributed by atoms with Crippen LogP contribution in [0.25, 0.3) is 17.0 Å². The van der Waals surface area contributed by atoms with Gasteiger partial charge in [0, 0.05) is 36.0 Å². The molecule has 0 bridgehead atoms. The largest absolute Gasteiger partial charge is 0.298 e. The lowest BCUT2D eigenvalue weighted by Gasteiger charge is -2.10. The summed E-state index contributed by atoms with van der Waals surface area (Å²) < 4.78 is 3.51. The van der Waals surface area contributed by atoms with Crippen LogP contribution in [0.1, 0.15) is 11.3 Å². The fourth-order valence-electron chi connectivity index (χ4n) is 3.36. The highest BCUT2D eigenvalue weighted by Gasteiger charge is 2.15. The first-order valence-electron chi connectivity index (χ1n) is 9.85. The molecule has 0 saturated carbocycles. The van der Waals surface area contributed by atoms with Gasteiger partial charge >= 0.3 is 0 Å². The van der Waals surface area contributed by atoms with Gasteiger partial charge in [-0.05, 0) is 29.8 Å². The van der Waals surface area contributed by atoms with Gasteiger partial charge in [0.2, 0.25) is 0 Å². The molecule has 0 aliphatic carbocycles. The Bertz CT molecular complexity index is 1440. The summed E-state index contributed by atoms with van der Waals surface area (Å²) in [6.45, 7) is 0.625. The van der Waals surface area contributed by atoms with E-state index in [0.717, 1.165) is 22.1 Å². The van der Waals surface area contributed by atoms with Crippen LogP contribution in [-0.4, -0.2) is 29.1 Å². The van der Waals surface area contributed by atoms with E-state index >= 15 is 0 Å². The van der Waals surface area contributed by atoms with Crippen molar-refractivity contribution in [2.24, 2.45) is 0 Å². The lowest BCUT2D eigenvalue weighted by Crippen LogP contribution is -2.15. The molecule has 0 atom stereocenters. The summed E-state index contributed by atoms with van der Waals surface area (Å²) >= 11 is 7.49. The van der Waals surface area contributed by atoms with Crippen molar-refractivity contribution in [1.82, 2.24) is 29.1 Å². The highest BCUT2D eigenvalue weighted by Crippen LogP contribution is 2.26. The Labute approximate surface area is 192 Å². The summed E-state index contributed by atoms with van der Waals surface area (Å²) in [6, 6.07) is 19.0. The Balaban J connectivity index is 1.47. The van der Waals surface area contributed by atoms with E-state index in [9.17, 15) is 4.79 Å². The third-order valence-corrected chi connectivity index (χ3v) is 6.09. The quantitative estimate of drug-likeness (QED) is 0.351. The maximum atomic E-state index is 12.5. The van der Waals surface area contributed by atoms with Gasteiger partial charge in [-0.3, -0.25) is 18.7 Å². The first kappa shape index (κ1) is 20.4. The molecule has 5 rings (SSSR count). The average Bonchev–Trinajstić information content (AvgIpc) is 3.22. The SMILES string of the molecule is O=c1cc(CSc2nnc(-c3ccncc3)n2Cc2ccccc2)nc2ccc(Cl)cn12. The van der Waals surface area contributed by atoms with E-state index < -0.39 is 0 Å². The predicted molar refractivity (Wildman–Crippen MR) is 125 cm³/mol. The fourth-order valence-corrected chi connectivity index (χ4v) is 4.35. The molecule has 0 amide bonds. The number of hydrogen-bond donors (Lipinski definition) is 0. The first-order chi connectivity index (χ1) is 15.7. The van der Waals surface area contributed by atoms with Crippen LogP contribution >= 0.6 is 23.4 Å². The minimum Gasteiger partial charge on any atom is -0.298 e. The summed E-state index contributed by atoms with van der Waals surface area (Å²) in [4.78, 5) is 21.2. The monoisotopic (exact) mass is 460 g/mol. The van der Waals surface area contributed by atoms with Crippen molar-refractivity contribution >= 4 is 29.0 Å². The zero-order chi connectivity index (χ0) is 21.9. The zero-order valence-electron chi connectivity index (χ0n) is 16.8. The van der Waals surface area contributed by atoms with E-state index in [1.54, 1.807) is 30.7 Å². The second kappa shape index (κ2) is 8.94. The molecule has 0 aliphatic heterocycles. The molecular weight excluding hydrogens is 444 g/mol. The maximum absolute atomic E-state index is 12.5. The van der Waals surface area contributed by atoms with Gasteiger partial charge in [0.1, 0.15) is 5.65 Å². The van der Waals surface area contributed by atoms with E-state index in [-0.39, 0.29) is 5.56 Å². The third-order valence-electron chi connectivity index (χ3n) is 4.86. The molecule has 32 heavy (non-hydrogen) atoms. The van der Waals surface area contributed by atoms with Gasteiger partial charge in [0.25, 0.3) is 5.56 Å². The van der Waals surface area contributed by atoms with Gasteiger partial charge in [-0.1, -0.05) is 53.7 Å². The molecule has 4 heterocycles. The molecule has 0 radical (unpaired) electrons. The van der Waals surface area contributed by atoms with E-state index in [2.05, 4.69) is 36.9 Å². The smallest absolute Gasteiger partial charge is 0.258 e. The van der Waals surface area contributed by atoms with Crippen LogP contribution in [0, 0.1) is 0 Å². The van der Waals surface area contributed by atoms with Crippen LogP contribution in [-0.2, 0) is 12.3 Å². The van der Waals surface area contributed by atoms with Crippen molar-refractivity contribution in [2.45, 2.75) is 17.5 Å². The molecule has 7 nitrogen and oxygen atoms in total. The Morgan fingerprint density at radius 2 is 1.78 bits per heavy atom. The van der Waals surface area contributed by atoms with Crippen LogP contribution in [0.3, 0.4) is 0 Å². The summed E-state index contributed by atoms with van der Waals surface area (Å²) in [7, 11) is 0. The van der Waals surface area contributed by atoms with Crippen LogP contribution < -0.4 is 5.56 Å². The van der Waals surface area contributed by atoms with Gasteiger partial charge in [-0.25, -0.2) is 4.98 Å². The summed E-state index contributed by atoms with van der Waals surface area (Å²) in [6.07, 6.45) is 5.05. The minimum atomic E-state index is -0.170. The number of fused-ring (bicyclic) bond motifs is 1. The molecule has 0 unspecified atom stereocenters. The van der Waals surface area contributed by atoms with Gasteiger partial charge in [0.15, 0.2) is 11.0 Å². The predicted octanol–water partition coefficient (Wildman–Crippen LogP) is 4.34. The molecule has 5 aromatic rings. The van der Waals surface area contributed by atoms with Crippen molar-refractivity contribution in [3.63, 3.8) is 0 Å². The number of pyridine rings is 2. The van der Waals surface area contributed by atoms with Gasteiger partial charge in [0.05, 0.1) is 17.3 Å². The van der Waals surface area contributed by atoms with Gasteiger partial charge < -0.3 is 0 Å². The summed E-state index contributed by atoms with van der Waals surface area (Å²) in [5.41, 5.74) is 3.14. The van der Waals surface area contributed by atoms with Crippen LogP contribution in [0.5, 0.6) is 0 Å². The standard InChI is InChI=1S/C23H17ClN6OS/c24-18-6-7-20-26-19(12-21(31)29(20)14-18)15-32-23-28-27-22(17-8-10-25-11-9-17)30(23)13-16-4-2-1-3-5-16/h1-12,14H,13,15H2. The second-order valence-corrected chi connectivity index (χ2v) is 8.44. The molecule has 0 N–H and O–H groups in total. The topological polar surface area (TPSA) is 78.0 Å². The van der Waals surface area contributed by atoms with E-state index in [1.165, 1.54) is 22.2 Å². The van der Waals surface area contributed by atoms with Crippen LogP contribution in [0.2, 0.25) is 5.02 Å². The number of halogens is 1. The molecule has 0 aliphatic rings. The number of hydrogen-bond acceptors (Lipinski definition) is 6. The summed E-state index contributed by atoms with van der Waals surface area (Å²) in [5, 5.41) is 10.1. The first-order valence-corrected chi connectivity index (χ1v) is 11.2. The molecule has 0 fully saturated rings. The minimum absolute atomic E-state index is 0.170. The number of rotatable bonds is 6. The lowest BCUT2D eigenvalue weighted by molar-refractivity contribution is 0.714. The van der Waals surface area contributed by atoms with Crippen molar-refractivity contribution in [3.05, 3.63) is 106 Å². The Morgan fingerprint density at radius 1 is 0.969 bits per heavy atom. The van der Waals surface area contributed by atoms with E-state index in [0.29, 0.717) is 28.7 Å². The Kier molecular flexibility index (Phi) is 5.70. The number of nitrogens with zero attached hydrogens (tertiary/aromatic N) is 6. The van der Waals surface area contributed by atoms with E-state index in [1.807, 2.05) is 30.3 Å². The van der Waals surface area contributed by atoms with Crippen molar-refractivity contribution in [3.8, 4) is 11.4 Å². The fraction of sp³-hybridized carbons (Fsp3) is 0.0870. The maximum Gasteiger partial charge on any atom is 0.258 e. The number of benzene rings is 1. The summed E-state index contributed by atoms with van der Waals surface area (Å²) in [5.74, 6) is 1.25. The van der Waals surface area contributed by atoms with Gasteiger partial charge in [-0.2, -0.15) is 0 Å². The molecule has 158 valence electrons. The molecule has 1 aromatic carbocycles. The lowest BCUT2D eigenvalue weighted by atomic mass is 10.2. The molecule has 0 spiro atoms. The molecule has 0 saturated heterocycles. The normalized spacial score (nSPS) is 11.2. The number of thioether (sulfide) groups is 1. The molecule has 4 aromatic heterocycles. The van der Waals surface area contributed by atoms with Gasteiger partial charge in [-0.15, -0.1) is 10.2 Å². The third kappa shape index (κ3) is 4.28. The average molecular weight is 461 g/mol. The highest BCUT2D eigenvalue weighted by atomic mass is 35.5. The molecule has 9 heteroatoms. The highest BCUT2D eigenvalue weighted by molar-refractivity contribution is 7.98. The van der Waals surface area contributed by atoms with Crippen LogP contribution in [0.15, 0.2) is 89.2 Å². The molecular formula is C23H17ClN6OS. The number of aromatic nitrogens is 6. The Morgan fingerprint density at radius 3 is 2.59 bits per heavy atom. The van der Waals surface area contributed by atoms with Crippen molar-refractivity contribution in [2.75, 3.05) is 0 Å². The van der Waals surface area contributed by atoms with E-state index in [4.69, 9.17) is 11.6 Å².